The molecule has 0 bridgehead atoms. The van der Waals surface area contributed by atoms with Crippen molar-refractivity contribution in [1.82, 2.24) is 0 Å². The van der Waals surface area contributed by atoms with Gasteiger partial charge in [-0.25, -0.2) is 4.39 Å². The molecule has 36 heavy (non-hydrogen) atoms. The third-order valence-electron chi connectivity index (χ3n) is 6.20. The van der Waals surface area contributed by atoms with Gasteiger partial charge in [-0.05, 0) is 66.6 Å². The number of anilines is 1. The smallest absolute Gasteiger partial charge is 0.295 e. The number of fused-ring (bicyclic) bond motifs is 2. The number of hydrogen-bond acceptors (Lipinski definition) is 5. The first-order chi connectivity index (χ1) is 17.4. The molecule has 1 unspecified atom stereocenters. The van der Waals surface area contributed by atoms with E-state index in [1.54, 1.807) is 30.3 Å². The molecule has 0 N–H and O–H groups in total. The van der Waals surface area contributed by atoms with Gasteiger partial charge in [0.25, 0.3) is 5.91 Å². The van der Waals surface area contributed by atoms with Gasteiger partial charge < -0.3 is 13.9 Å². The Morgan fingerprint density at radius 1 is 1.03 bits per heavy atom. The maximum absolute atomic E-state index is 13.7. The highest BCUT2D eigenvalue weighted by Crippen LogP contribution is 2.43. The van der Waals surface area contributed by atoms with E-state index in [1.807, 2.05) is 0 Å². The van der Waals surface area contributed by atoms with Crippen molar-refractivity contribution in [3.8, 4) is 11.5 Å². The van der Waals surface area contributed by atoms with Crippen molar-refractivity contribution in [2.45, 2.75) is 25.8 Å². The predicted molar refractivity (Wildman–Crippen MR) is 136 cm³/mol. The van der Waals surface area contributed by atoms with Crippen LogP contribution >= 0.6 is 11.6 Å². The molecular formula is C28H23ClFNO5. The van der Waals surface area contributed by atoms with E-state index in [1.165, 1.54) is 42.3 Å². The maximum atomic E-state index is 13.7. The molecule has 1 amide bonds. The Bertz CT molecular complexity index is 1520. The fourth-order valence-electron chi connectivity index (χ4n) is 4.43. The first kappa shape index (κ1) is 23.9. The van der Waals surface area contributed by atoms with Gasteiger partial charge in [-0.15, -0.1) is 0 Å². The number of carbonyl (C=O) groups is 1. The van der Waals surface area contributed by atoms with E-state index < -0.39 is 17.8 Å². The minimum atomic E-state index is -0.837. The van der Waals surface area contributed by atoms with Gasteiger partial charge in [0.2, 0.25) is 5.76 Å². The molecule has 2 heterocycles. The molecule has 184 valence electrons. The Morgan fingerprint density at radius 2 is 1.81 bits per heavy atom. The number of ether oxygens (including phenoxy) is 2. The third kappa shape index (κ3) is 4.09. The molecule has 1 aromatic heterocycles. The Labute approximate surface area is 211 Å². The normalized spacial score (nSPS) is 14.8. The van der Waals surface area contributed by atoms with Gasteiger partial charge in [0.15, 0.2) is 16.9 Å². The highest BCUT2D eigenvalue weighted by atomic mass is 35.5. The zero-order valence-electron chi connectivity index (χ0n) is 19.7. The van der Waals surface area contributed by atoms with Crippen LogP contribution in [0.2, 0.25) is 5.02 Å². The number of carbonyl (C=O) groups excluding carboxylic acids is 1. The zero-order valence-corrected chi connectivity index (χ0v) is 20.5. The van der Waals surface area contributed by atoms with Crippen LogP contribution < -0.4 is 19.8 Å². The molecule has 5 rings (SSSR count). The summed E-state index contributed by atoms with van der Waals surface area (Å²) < 4.78 is 31.1. The Morgan fingerprint density at radius 3 is 2.53 bits per heavy atom. The van der Waals surface area contributed by atoms with Crippen molar-refractivity contribution in [3.05, 3.63) is 98.6 Å². The number of benzene rings is 3. The molecule has 0 fully saturated rings. The lowest BCUT2D eigenvalue weighted by Crippen LogP contribution is -2.29. The van der Waals surface area contributed by atoms with E-state index in [4.69, 9.17) is 25.5 Å². The van der Waals surface area contributed by atoms with Gasteiger partial charge >= 0.3 is 0 Å². The topological polar surface area (TPSA) is 69.0 Å². The van der Waals surface area contributed by atoms with Crippen LogP contribution in [-0.2, 0) is 0 Å². The lowest BCUT2D eigenvalue weighted by Gasteiger charge is -2.26. The number of rotatable bonds is 7. The van der Waals surface area contributed by atoms with Crippen LogP contribution in [0, 0.1) is 5.82 Å². The SMILES string of the molecule is CCCCOc1ccc(C2c3c(oc4ccc(Cl)cc4c3=O)C(=O)N2c2ccc(F)cc2)cc1OC. The molecule has 1 atom stereocenters. The first-order valence-corrected chi connectivity index (χ1v) is 12.0. The summed E-state index contributed by atoms with van der Waals surface area (Å²) >= 11 is 6.15. The van der Waals surface area contributed by atoms with E-state index >= 15 is 0 Å². The molecule has 1 aliphatic heterocycles. The van der Waals surface area contributed by atoms with Crippen molar-refractivity contribution in [2.75, 3.05) is 18.6 Å². The number of unbranched alkanes of at least 4 members (excludes halogenated alkanes) is 1. The van der Waals surface area contributed by atoms with Gasteiger partial charge in [0.05, 0.1) is 30.7 Å². The second kappa shape index (κ2) is 9.66. The van der Waals surface area contributed by atoms with E-state index in [0.717, 1.165) is 12.8 Å². The number of nitrogens with zero attached hydrogens (tertiary/aromatic N) is 1. The van der Waals surface area contributed by atoms with E-state index in [2.05, 4.69) is 6.92 Å². The Hall–Kier alpha value is -3.84. The zero-order chi connectivity index (χ0) is 25.4. The van der Waals surface area contributed by atoms with Crippen molar-refractivity contribution in [1.29, 1.82) is 0 Å². The van der Waals surface area contributed by atoms with Gasteiger partial charge in [-0.1, -0.05) is 31.0 Å². The molecular weight excluding hydrogens is 485 g/mol. The lowest BCUT2D eigenvalue weighted by atomic mass is 9.97. The van der Waals surface area contributed by atoms with Crippen LogP contribution in [0.15, 0.2) is 69.9 Å². The number of methoxy groups -OCH3 is 1. The second-order valence-electron chi connectivity index (χ2n) is 8.48. The van der Waals surface area contributed by atoms with Crippen molar-refractivity contribution in [3.63, 3.8) is 0 Å². The minimum absolute atomic E-state index is 0.0635. The number of amides is 1. The second-order valence-corrected chi connectivity index (χ2v) is 8.92. The fraction of sp³-hybridized carbons (Fsp3) is 0.214. The first-order valence-electron chi connectivity index (χ1n) is 11.6. The average molecular weight is 508 g/mol. The molecule has 0 spiro atoms. The molecule has 1 aliphatic rings. The Balaban J connectivity index is 1.71. The molecule has 6 nitrogen and oxygen atoms in total. The van der Waals surface area contributed by atoms with Crippen LogP contribution in [0.4, 0.5) is 10.1 Å². The van der Waals surface area contributed by atoms with Gasteiger partial charge in [0.1, 0.15) is 11.4 Å². The number of halogens is 2. The van der Waals surface area contributed by atoms with Gasteiger partial charge in [-0.2, -0.15) is 0 Å². The standard InChI is InChI=1S/C28H23ClFNO5/c1-3-4-13-35-22-11-5-16(14-23(22)34-2)25-24-26(32)20-15-17(29)6-12-21(20)36-27(24)28(33)31(25)19-9-7-18(30)8-10-19/h5-12,14-15,25H,3-4,13H2,1-2H3. The monoisotopic (exact) mass is 507 g/mol. The fourth-order valence-corrected chi connectivity index (χ4v) is 4.60. The van der Waals surface area contributed by atoms with Crippen LogP contribution in [0.25, 0.3) is 11.0 Å². The summed E-state index contributed by atoms with van der Waals surface area (Å²) in [5.74, 6) is 0.0233. The highest BCUT2D eigenvalue weighted by Gasteiger charge is 2.44. The predicted octanol–water partition coefficient (Wildman–Crippen LogP) is 6.52. The summed E-state index contributed by atoms with van der Waals surface area (Å²) in [6, 6.07) is 14.6. The van der Waals surface area contributed by atoms with E-state index in [9.17, 15) is 14.0 Å². The van der Waals surface area contributed by atoms with Gasteiger partial charge in [0, 0.05) is 10.7 Å². The molecule has 0 saturated heterocycles. The van der Waals surface area contributed by atoms with Crippen molar-refractivity contribution < 1.29 is 23.1 Å². The van der Waals surface area contributed by atoms with Crippen LogP contribution in [0.5, 0.6) is 11.5 Å². The summed E-state index contributed by atoms with van der Waals surface area (Å²) in [5, 5.41) is 0.646. The summed E-state index contributed by atoms with van der Waals surface area (Å²) in [6.07, 6.45) is 1.88. The van der Waals surface area contributed by atoms with Crippen molar-refractivity contribution >= 4 is 34.2 Å². The molecule has 3 aromatic carbocycles. The summed E-state index contributed by atoms with van der Waals surface area (Å²) in [5.41, 5.74) is 1.11. The average Bonchev–Trinajstić information content (AvgIpc) is 3.17. The minimum Gasteiger partial charge on any atom is -0.493 e. The van der Waals surface area contributed by atoms with E-state index in [0.29, 0.717) is 34.4 Å². The summed E-state index contributed by atoms with van der Waals surface area (Å²) in [4.78, 5) is 28.8. The summed E-state index contributed by atoms with van der Waals surface area (Å²) in [6.45, 7) is 2.61. The third-order valence-corrected chi connectivity index (χ3v) is 6.43. The summed E-state index contributed by atoms with van der Waals surface area (Å²) in [7, 11) is 1.53. The molecule has 0 radical (unpaired) electrons. The van der Waals surface area contributed by atoms with Crippen LogP contribution in [0.3, 0.4) is 0 Å². The van der Waals surface area contributed by atoms with Crippen LogP contribution in [-0.4, -0.2) is 19.6 Å². The molecule has 8 heteroatoms. The molecule has 4 aromatic rings. The lowest BCUT2D eigenvalue weighted by molar-refractivity contribution is 0.0971. The highest BCUT2D eigenvalue weighted by molar-refractivity contribution is 6.31. The Kier molecular flexibility index (Phi) is 6.41. The van der Waals surface area contributed by atoms with Gasteiger partial charge in [-0.3, -0.25) is 14.5 Å². The maximum Gasteiger partial charge on any atom is 0.295 e. The molecule has 0 saturated carbocycles. The quantitative estimate of drug-likeness (QED) is 0.266. The largest absolute Gasteiger partial charge is 0.493 e. The van der Waals surface area contributed by atoms with Crippen LogP contribution in [0.1, 0.15) is 47.5 Å². The number of hydrogen-bond donors (Lipinski definition) is 0. The van der Waals surface area contributed by atoms with Crippen molar-refractivity contribution in [2.24, 2.45) is 0 Å². The van der Waals surface area contributed by atoms with E-state index in [-0.39, 0.29) is 27.7 Å². The molecule has 0 aliphatic carbocycles.